The summed E-state index contributed by atoms with van der Waals surface area (Å²) in [4.78, 5) is 24.5. The first-order valence-electron chi connectivity index (χ1n) is 10.1. The maximum absolute atomic E-state index is 13.2. The Morgan fingerprint density at radius 3 is 2.64 bits per heavy atom. The lowest BCUT2D eigenvalue weighted by molar-refractivity contribution is -0.119. The SMILES string of the molecule is N#Cc1cccc(NC(=O)COC(=O)c2cccc(S(=O)(=O)N3CCc4ccccc43)c2)c1. The van der Waals surface area contributed by atoms with Crippen molar-refractivity contribution in [3.8, 4) is 6.07 Å². The van der Waals surface area contributed by atoms with E-state index in [4.69, 9.17) is 10.00 Å². The number of nitrogens with zero attached hydrogens (tertiary/aromatic N) is 2. The fraction of sp³-hybridized carbons (Fsp3) is 0.125. The third kappa shape index (κ3) is 4.71. The van der Waals surface area contributed by atoms with E-state index in [1.165, 1.54) is 34.6 Å². The first-order chi connectivity index (χ1) is 15.9. The van der Waals surface area contributed by atoms with Gasteiger partial charge in [-0.1, -0.05) is 30.3 Å². The monoisotopic (exact) mass is 461 g/mol. The van der Waals surface area contributed by atoms with Crippen molar-refractivity contribution < 1.29 is 22.7 Å². The van der Waals surface area contributed by atoms with Gasteiger partial charge in [-0.25, -0.2) is 13.2 Å². The number of rotatable bonds is 6. The molecule has 0 unspecified atom stereocenters. The number of hydrogen-bond acceptors (Lipinski definition) is 6. The minimum atomic E-state index is -3.87. The van der Waals surface area contributed by atoms with Gasteiger partial charge in [0.15, 0.2) is 6.61 Å². The lowest BCUT2D eigenvalue weighted by Crippen LogP contribution is -2.29. The molecule has 0 atom stereocenters. The molecule has 1 amide bonds. The minimum absolute atomic E-state index is 0.0165. The van der Waals surface area contributed by atoms with Gasteiger partial charge in [0.2, 0.25) is 0 Å². The molecule has 166 valence electrons. The van der Waals surface area contributed by atoms with Crippen LogP contribution in [0, 0.1) is 11.3 Å². The third-order valence-corrected chi connectivity index (χ3v) is 6.92. The number of carbonyl (C=O) groups is 2. The second-order valence-electron chi connectivity index (χ2n) is 7.30. The molecule has 3 aromatic rings. The molecule has 1 N–H and O–H groups in total. The van der Waals surface area contributed by atoms with Crippen LogP contribution >= 0.6 is 0 Å². The minimum Gasteiger partial charge on any atom is -0.452 e. The van der Waals surface area contributed by atoms with Crippen LogP contribution in [-0.2, 0) is 26.0 Å². The normalized spacial score (nSPS) is 12.5. The van der Waals surface area contributed by atoms with Crippen LogP contribution in [0.4, 0.5) is 11.4 Å². The number of carbonyl (C=O) groups excluding carboxylic acids is 2. The average molecular weight is 461 g/mol. The molecule has 33 heavy (non-hydrogen) atoms. The number of ether oxygens (including phenoxy) is 1. The van der Waals surface area contributed by atoms with E-state index in [0.29, 0.717) is 29.9 Å². The summed E-state index contributed by atoms with van der Waals surface area (Å²) < 4.78 is 32.7. The number of para-hydroxylation sites is 1. The molecule has 3 aromatic carbocycles. The molecule has 0 bridgehead atoms. The van der Waals surface area contributed by atoms with Crippen molar-refractivity contribution in [2.24, 2.45) is 0 Å². The molecule has 4 rings (SSSR count). The van der Waals surface area contributed by atoms with Crippen molar-refractivity contribution in [2.75, 3.05) is 22.8 Å². The fourth-order valence-corrected chi connectivity index (χ4v) is 5.10. The number of hydrogen-bond donors (Lipinski definition) is 1. The Labute approximate surface area is 191 Å². The summed E-state index contributed by atoms with van der Waals surface area (Å²) in [6.07, 6.45) is 0.615. The van der Waals surface area contributed by atoms with Crippen LogP contribution in [0.15, 0.2) is 77.7 Å². The quantitative estimate of drug-likeness (QED) is 0.564. The zero-order valence-electron chi connectivity index (χ0n) is 17.4. The Hall–Kier alpha value is -4.16. The maximum atomic E-state index is 13.2. The van der Waals surface area contributed by atoms with Crippen LogP contribution in [-0.4, -0.2) is 33.4 Å². The highest BCUT2D eigenvalue weighted by Gasteiger charge is 2.31. The van der Waals surface area contributed by atoms with E-state index in [0.717, 1.165) is 5.56 Å². The highest BCUT2D eigenvalue weighted by molar-refractivity contribution is 7.92. The van der Waals surface area contributed by atoms with Gasteiger partial charge < -0.3 is 10.1 Å². The average Bonchev–Trinajstić information content (AvgIpc) is 3.28. The number of amides is 1. The lowest BCUT2D eigenvalue weighted by atomic mass is 10.2. The van der Waals surface area contributed by atoms with Crippen LogP contribution < -0.4 is 9.62 Å². The van der Waals surface area contributed by atoms with Crippen molar-refractivity contribution >= 4 is 33.3 Å². The number of esters is 1. The van der Waals surface area contributed by atoms with Crippen molar-refractivity contribution in [3.05, 3.63) is 89.5 Å². The first kappa shape index (κ1) is 22.0. The van der Waals surface area contributed by atoms with E-state index < -0.39 is 28.5 Å². The largest absolute Gasteiger partial charge is 0.452 e. The topological polar surface area (TPSA) is 117 Å². The highest BCUT2D eigenvalue weighted by atomic mass is 32.2. The molecule has 9 heteroatoms. The molecule has 0 fully saturated rings. The molecule has 1 aliphatic heterocycles. The van der Waals surface area contributed by atoms with E-state index in [-0.39, 0.29) is 10.5 Å². The third-order valence-electron chi connectivity index (χ3n) is 5.11. The van der Waals surface area contributed by atoms with Crippen molar-refractivity contribution in [1.29, 1.82) is 5.26 Å². The number of fused-ring (bicyclic) bond motifs is 1. The van der Waals surface area contributed by atoms with Gasteiger partial charge in [0.1, 0.15) is 0 Å². The molecular weight excluding hydrogens is 442 g/mol. The summed E-state index contributed by atoms with van der Waals surface area (Å²) in [6, 6.07) is 21.1. The molecule has 0 spiro atoms. The second-order valence-corrected chi connectivity index (χ2v) is 9.16. The van der Waals surface area contributed by atoms with Gasteiger partial charge in [0.25, 0.3) is 15.9 Å². The van der Waals surface area contributed by atoms with Gasteiger partial charge in [-0.05, 0) is 54.4 Å². The van der Waals surface area contributed by atoms with E-state index in [2.05, 4.69) is 5.32 Å². The van der Waals surface area contributed by atoms with Crippen molar-refractivity contribution in [3.63, 3.8) is 0 Å². The number of nitriles is 1. The number of nitrogens with one attached hydrogen (secondary N) is 1. The highest BCUT2D eigenvalue weighted by Crippen LogP contribution is 2.32. The van der Waals surface area contributed by atoms with Crippen molar-refractivity contribution in [1.82, 2.24) is 0 Å². The van der Waals surface area contributed by atoms with Crippen LogP contribution in [0.2, 0.25) is 0 Å². The van der Waals surface area contributed by atoms with E-state index >= 15 is 0 Å². The van der Waals surface area contributed by atoms with Crippen LogP contribution in [0.1, 0.15) is 21.5 Å². The number of benzene rings is 3. The van der Waals surface area contributed by atoms with Gasteiger partial charge in [-0.15, -0.1) is 0 Å². The Bertz CT molecular complexity index is 1380. The Balaban J connectivity index is 1.44. The summed E-state index contributed by atoms with van der Waals surface area (Å²) >= 11 is 0. The second kappa shape index (κ2) is 9.14. The van der Waals surface area contributed by atoms with Crippen LogP contribution in [0.5, 0.6) is 0 Å². The molecule has 0 aromatic heterocycles. The summed E-state index contributed by atoms with van der Waals surface area (Å²) in [5.41, 5.74) is 2.37. The Morgan fingerprint density at radius 1 is 1.03 bits per heavy atom. The predicted molar refractivity (Wildman–Crippen MR) is 121 cm³/mol. The first-order valence-corrected chi connectivity index (χ1v) is 11.5. The Kier molecular flexibility index (Phi) is 6.11. The fourth-order valence-electron chi connectivity index (χ4n) is 3.55. The number of anilines is 2. The molecular formula is C24H19N3O5S. The molecule has 1 heterocycles. The molecule has 0 saturated carbocycles. The van der Waals surface area contributed by atoms with Gasteiger partial charge in [-0.3, -0.25) is 9.10 Å². The van der Waals surface area contributed by atoms with Gasteiger partial charge in [-0.2, -0.15) is 5.26 Å². The Morgan fingerprint density at radius 2 is 1.82 bits per heavy atom. The lowest BCUT2D eigenvalue weighted by Gasteiger charge is -2.19. The molecule has 8 nitrogen and oxygen atoms in total. The predicted octanol–water partition coefficient (Wildman–Crippen LogP) is 3.11. The molecule has 0 radical (unpaired) electrons. The molecule has 1 aliphatic rings. The summed E-state index contributed by atoms with van der Waals surface area (Å²) in [7, 11) is -3.87. The summed E-state index contributed by atoms with van der Waals surface area (Å²) in [6.45, 7) is -0.240. The van der Waals surface area contributed by atoms with E-state index in [1.807, 2.05) is 18.2 Å². The van der Waals surface area contributed by atoms with Gasteiger partial charge in [0.05, 0.1) is 27.8 Å². The van der Waals surface area contributed by atoms with Crippen molar-refractivity contribution in [2.45, 2.75) is 11.3 Å². The van der Waals surface area contributed by atoms with Gasteiger partial charge in [0, 0.05) is 12.2 Å². The summed E-state index contributed by atoms with van der Waals surface area (Å²) in [5.74, 6) is -1.41. The van der Waals surface area contributed by atoms with Gasteiger partial charge >= 0.3 is 5.97 Å². The van der Waals surface area contributed by atoms with Crippen LogP contribution in [0.3, 0.4) is 0 Å². The van der Waals surface area contributed by atoms with Crippen LogP contribution in [0.25, 0.3) is 0 Å². The van der Waals surface area contributed by atoms with E-state index in [9.17, 15) is 18.0 Å². The standard InChI is InChI=1S/C24H19N3O5S/c25-15-17-5-3-8-20(13-17)26-23(28)16-32-24(29)19-7-4-9-21(14-19)33(30,31)27-12-11-18-6-1-2-10-22(18)27/h1-10,13-14H,11-12,16H2,(H,26,28). The number of sulfonamides is 1. The molecule has 0 aliphatic carbocycles. The smallest absolute Gasteiger partial charge is 0.338 e. The van der Waals surface area contributed by atoms with E-state index in [1.54, 1.807) is 30.3 Å². The summed E-state index contributed by atoms with van der Waals surface area (Å²) in [5, 5.41) is 11.5. The zero-order chi connectivity index (χ0) is 23.4. The maximum Gasteiger partial charge on any atom is 0.338 e. The zero-order valence-corrected chi connectivity index (χ0v) is 18.2. The molecule has 0 saturated heterocycles.